The van der Waals surface area contributed by atoms with Crippen LogP contribution in [0.15, 0.2) is 30.3 Å². The first-order valence-corrected chi connectivity index (χ1v) is 10.5. The lowest BCUT2D eigenvalue weighted by atomic mass is 9.79. The predicted molar refractivity (Wildman–Crippen MR) is 107 cm³/mol. The number of fused-ring (bicyclic) bond motifs is 1. The summed E-state index contributed by atoms with van der Waals surface area (Å²) < 4.78 is 5.44. The fraction of sp³-hybridized carbons (Fsp3) is 0.409. The zero-order valence-electron chi connectivity index (χ0n) is 15.6. The van der Waals surface area contributed by atoms with Crippen molar-refractivity contribution in [3.8, 4) is 6.07 Å². The average molecular weight is 394 g/mol. The van der Waals surface area contributed by atoms with E-state index in [-0.39, 0.29) is 12.6 Å². The minimum atomic E-state index is -0.649. The molecule has 0 unspecified atom stereocenters. The molecule has 1 amide bonds. The summed E-state index contributed by atoms with van der Waals surface area (Å²) in [4.78, 5) is 26.5. The Hall–Kier alpha value is -2.65. The van der Waals surface area contributed by atoms with Gasteiger partial charge in [-0.15, -0.1) is 11.3 Å². The van der Waals surface area contributed by atoms with Crippen LogP contribution in [0.25, 0.3) is 0 Å². The Labute approximate surface area is 168 Å². The number of hydrogen-bond acceptors (Lipinski definition) is 5. The van der Waals surface area contributed by atoms with Crippen molar-refractivity contribution in [2.45, 2.75) is 50.4 Å². The van der Waals surface area contributed by atoms with Gasteiger partial charge in [0.1, 0.15) is 11.1 Å². The molecule has 0 spiro atoms. The van der Waals surface area contributed by atoms with Crippen LogP contribution in [-0.4, -0.2) is 18.5 Å². The van der Waals surface area contributed by atoms with E-state index >= 15 is 0 Å². The highest BCUT2D eigenvalue weighted by atomic mass is 32.1. The van der Waals surface area contributed by atoms with Crippen LogP contribution in [-0.2, 0) is 32.6 Å². The molecule has 28 heavy (non-hydrogen) atoms. The van der Waals surface area contributed by atoms with Crippen LogP contribution in [0.4, 0.5) is 5.00 Å². The molecule has 1 aromatic heterocycles. The van der Waals surface area contributed by atoms with Gasteiger partial charge >= 0.3 is 5.97 Å². The molecule has 2 aromatic rings. The Morgan fingerprint density at radius 1 is 1.14 bits per heavy atom. The molecule has 0 bridgehead atoms. The Morgan fingerprint density at radius 2 is 1.89 bits per heavy atom. The van der Waals surface area contributed by atoms with Crippen LogP contribution >= 0.6 is 11.3 Å². The Balaban J connectivity index is 1.42. The number of rotatable bonds is 5. The highest BCUT2D eigenvalue weighted by Gasteiger charge is 2.44. The van der Waals surface area contributed by atoms with Gasteiger partial charge in [0.15, 0.2) is 6.61 Å². The maximum Gasteiger partial charge on any atom is 0.317 e. The number of ether oxygens (including phenoxy) is 1. The molecule has 4 rings (SSSR count). The minimum absolute atomic E-state index is 0.332. The van der Waals surface area contributed by atoms with Crippen molar-refractivity contribution < 1.29 is 14.3 Å². The maximum absolute atomic E-state index is 12.9. The third-order valence-electron chi connectivity index (χ3n) is 5.79. The first-order valence-electron chi connectivity index (χ1n) is 9.71. The van der Waals surface area contributed by atoms with Gasteiger partial charge in [0.25, 0.3) is 5.91 Å². The summed E-state index contributed by atoms with van der Waals surface area (Å²) in [7, 11) is 0. The van der Waals surface area contributed by atoms with E-state index in [9.17, 15) is 14.9 Å². The average Bonchev–Trinajstić information content (AvgIpc) is 3.43. The Morgan fingerprint density at radius 3 is 2.61 bits per heavy atom. The zero-order chi connectivity index (χ0) is 19.6. The van der Waals surface area contributed by atoms with Crippen LogP contribution in [0.2, 0.25) is 0 Å². The van der Waals surface area contributed by atoms with E-state index in [0.29, 0.717) is 10.6 Å². The summed E-state index contributed by atoms with van der Waals surface area (Å²) in [5.41, 5.74) is 1.94. The molecule has 0 aliphatic heterocycles. The standard InChI is InChI=1S/C22H22N2O3S/c23-13-17-16-9-6-10-18(16)28-20(17)24-19(25)14-27-21(26)22(11-4-5-12-22)15-7-2-1-3-8-15/h1-3,7-8H,4-6,9-12,14H2,(H,24,25). The lowest BCUT2D eigenvalue weighted by molar-refractivity contribution is -0.153. The summed E-state index contributed by atoms with van der Waals surface area (Å²) in [6.45, 7) is -0.332. The molecular formula is C22H22N2O3S. The molecule has 5 nitrogen and oxygen atoms in total. The predicted octanol–water partition coefficient (Wildman–Crippen LogP) is 4.10. The maximum atomic E-state index is 12.9. The van der Waals surface area contributed by atoms with E-state index < -0.39 is 11.3 Å². The molecule has 0 saturated heterocycles. The van der Waals surface area contributed by atoms with Crippen LogP contribution in [0.1, 0.15) is 53.7 Å². The second-order valence-corrected chi connectivity index (χ2v) is 8.56. The van der Waals surface area contributed by atoms with Crippen molar-refractivity contribution >= 4 is 28.2 Å². The molecule has 1 fully saturated rings. The third kappa shape index (κ3) is 3.31. The lowest BCUT2D eigenvalue weighted by Crippen LogP contribution is -2.36. The number of esters is 1. The molecule has 1 heterocycles. The summed E-state index contributed by atoms with van der Waals surface area (Å²) >= 11 is 1.46. The second kappa shape index (κ2) is 7.76. The van der Waals surface area contributed by atoms with Crippen LogP contribution in [0.3, 0.4) is 0 Å². The van der Waals surface area contributed by atoms with Gasteiger partial charge in [0.05, 0.1) is 11.0 Å². The van der Waals surface area contributed by atoms with Gasteiger partial charge in [0, 0.05) is 4.88 Å². The molecule has 1 saturated carbocycles. The number of nitrogens with one attached hydrogen (secondary N) is 1. The monoisotopic (exact) mass is 394 g/mol. The number of amides is 1. The van der Waals surface area contributed by atoms with Crippen molar-refractivity contribution in [2.24, 2.45) is 0 Å². The molecule has 0 radical (unpaired) electrons. The topological polar surface area (TPSA) is 79.2 Å². The molecule has 2 aliphatic carbocycles. The third-order valence-corrected chi connectivity index (χ3v) is 7.00. The summed E-state index contributed by atoms with van der Waals surface area (Å²) in [5, 5.41) is 12.8. The van der Waals surface area contributed by atoms with Gasteiger partial charge in [-0.1, -0.05) is 43.2 Å². The SMILES string of the molecule is N#Cc1c(NC(=O)COC(=O)C2(c3ccccc3)CCCC2)sc2c1CCC2. The summed E-state index contributed by atoms with van der Waals surface area (Å²) in [6, 6.07) is 11.9. The van der Waals surface area contributed by atoms with E-state index in [0.717, 1.165) is 56.1 Å². The molecule has 2 aliphatic rings. The van der Waals surface area contributed by atoms with Crippen molar-refractivity contribution in [3.05, 3.63) is 51.9 Å². The van der Waals surface area contributed by atoms with E-state index in [2.05, 4.69) is 11.4 Å². The fourth-order valence-corrected chi connectivity index (χ4v) is 5.64. The Kier molecular flexibility index (Phi) is 5.19. The minimum Gasteiger partial charge on any atom is -0.455 e. The van der Waals surface area contributed by atoms with Crippen molar-refractivity contribution in [3.63, 3.8) is 0 Å². The van der Waals surface area contributed by atoms with Crippen molar-refractivity contribution in [1.29, 1.82) is 5.26 Å². The number of carbonyl (C=O) groups excluding carboxylic acids is 2. The molecule has 144 valence electrons. The number of benzene rings is 1. The van der Waals surface area contributed by atoms with Gasteiger partial charge in [-0.05, 0) is 43.2 Å². The number of hydrogen-bond donors (Lipinski definition) is 1. The van der Waals surface area contributed by atoms with E-state index in [1.165, 1.54) is 16.2 Å². The number of nitriles is 1. The Bertz CT molecular complexity index is 937. The highest BCUT2D eigenvalue weighted by Crippen LogP contribution is 2.42. The van der Waals surface area contributed by atoms with E-state index in [1.807, 2.05) is 30.3 Å². The molecular weight excluding hydrogens is 372 g/mol. The van der Waals surface area contributed by atoms with Crippen molar-refractivity contribution in [1.82, 2.24) is 0 Å². The quantitative estimate of drug-likeness (QED) is 0.774. The number of anilines is 1. The van der Waals surface area contributed by atoms with Gasteiger partial charge in [-0.25, -0.2) is 0 Å². The number of aryl methyl sites for hydroxylation is 1. The van der Waals surface area contributed by atoms with E-state index in [4.69, 9.17) is 4.74 Å². The van der Waals surface area contributed by atoms with Gasteiger partial charge < -0.3 is 10.1 Å². The normalized spacial score (nSPS) is 17.0. The summed E-state index contributed by atoms with van der Waals surface area (Å²) in [5.74, 6) is -0.730. The van der Waals surface area contributed by atoms with Crippen molar-refractivity contribution in [2.75, 3.05) is 11.9 Å². The van der Waals surface area contributed by atoms with Gasteiger partial charge in [-0.3, -0.25) is 9.59 Å². The highest BCUT2D eigenvalue weighted by molar-refractivity contribution is 7.16. The van der Waals surface area contributed by atoms with Crippen LogP contribution < -0.4 is 5.32 Å². The molecule has 1 aromatic carbocycles. The smallest absolute Gasteiger partial charge is 0.317 e. The van der Waals surface area contributed by atoms with Gasteiger partial charge in [0.2, 0.25) is 0 Å². The zero-order valence-corrected chi connectivity index (χ0v) is 16.4. The molecule has 0 atom stereocenters. The molecule has 6 heteroatoms. The number of thiophene rings is 1. The van der Waals surface area contributed by atoms with Crippen LogP contribution in [0.5, 0.6) is 0 Å². The second-order valence-electron chi connectivity index (χ2n) is 7.45. The first kappa shape index (κ1) is 18.7. The largest absolute Gasteiger partial charge is 0.455 e. The first-order chi connectivity index (χ1) is 13.6. The fourth-order valence-electron chi connectivity index (χ4n) is 4.39. The number of nitrogens with zero attached hydrogens (tertiary/aromatic N) is 1. The summed E-state index contributed by atoms with van der Waals surface area (Å²) in [6.07, 6.45) is 6.34. The number of carbonyl (C=O) groups is 2. The van der Waals surface area contributed by atoms with Gasteiger partial charge in [-0.2, -0.15) is 5.26 Å². The lowest BCUT2D eigenvalue weighted by Gasteiger charge is -2.27. The van der Waals surface area contributed by atoms with Crippen LogP contribution in [0, 0.1) is 11.3 Å². The molecule has 1 N–H and O–H groups in total. The van der Waals surface area contributed by atoms with E-state index in [1.54, 1.807) is 0 Å².